The van der Waals surface area contributed by atoms with Crippen LogP contribution in [0.15, 0.2) is 54.6 Å². The van der Waals surface area contributed by atoms with E-state index in [2.05, 4.69) is 17.0 Å². The van der Waals surface area contributed by atoms with Crippen molar-refractivity contribution in [3.8, 4) is 5.75 Å². The van der Waals surface area contributed by atoms with Crippen LogP contribution in [0.25, 0.3) is 0 Å². The second kappa shape index (κ2) is 6.53. The van der Waals surface area contributed by atoms with Crippen molar-refractivity contribution in [2.45, 2.75) is 31.4 Å². The van der Waals surface area contributed by atoms with Gasteiger partial charge < -0.3 is 10.2 Å². The van der Waals surface area contributed by atoms with Gasteiger partial charge in [-0.15, -0.1) is 0 Å². The number of carbonyl (C=O) groups is 1. The lowest BCUT2D eigenvalue weighted by atomic mass is 9.61. The molecule has 2 aromatic carbocycles. The first-order valence-electron chi connectivity index (χ1n) is 9.30. The fourth-order valence-corrected chi connectivity index (χ4v) is 4.67. The van der Waals surface area contributed by atoms with Crippen LogP contribution in [0, 0.1) is 11.8 Å². The van der Waals surface area contributed by atoms with Gasteiger partial charge >= 0.3 is 0 Å². The monoisotopic (exact) mass is 351 g/mol. The number of phenols is 1. The fourth-order valence-electron chi connectivity index (χ4n) is 4.67. The first-order valence-corrected chi connectivity index (χ1v) is 9.30. The molecule has 1 saturated heterocycles. The van der Waals surface area contributed by atoms with Crippen LogP contribution in [0.4, 0.5) is 0 Å². The summed E-state index contributed by atoms with van der Waals surface area (Å²) in [6, 6.07) is 16.4. The lowest BCUT2D eigenvalue weighted by Crippen LogP contribution is -2.55. The second-order valence-corrected chi connectivity index (χ2v) is 7.88. The Morgan fingerprint density at radius 1 is 1.15 bits per heavy atom. The summed E-state index contributed by atoms with van der Waals surface area (Å²) in [6.07, 6.45) is 1.49. The molecule has 1 aliphatic carbocycles. The zero-order valence-corrected chi connectivity index (χ0v) is 15.0. The zero-order valence-electron chi connectivity index (χ0n) is 15.0. The average molecular weight is 351 g/mol. The van der Waals surface area contributed by atoms with E-state index in [0.29, 0.717) is 17.9 Å². The summed E-state index contributed by atoms with van der Waals surface area (Å²) in [7, 11) is 0. The highest BCUT2D eigenvalue weighted by molar-refractivity contribution is 5.99. The number of rotatable bonds is 5. The van der Waals surface area contributed by atoms with Crippen molar-refractivity contribution in [2.24, 2.45) is 11.8 Å². The third-order valence-electron chi connectivity index (χ3n) is 6.21. The molecule has 0 spiro atoms. The Morgan fingerprint density at radius 2 is 1.85 bits per heavy atom. The topological polar surface area (TPSA) is 60.8 Å². The lowest BCUT2D eigenvalue weighted by Gasteiger charge is -2.48. The highest BCUT2D eigenvalue weighted by Crippen LogP contribution is 2.50. The molecule has 26 heavy (non-hydrogen) atoms. The summed E-state index contributed by atoms with van der Waals surface area (Å²) < 4.78 is 0. The Kier molecular flexibility index (Phi) is 4.33. The van der Waals surface area contributed by atoms with E-state index in [1.807, 2.05) is 25.1 Å². The number of ketones is 1. The third kappa shape index (κ3) is 3.04. The number of aromatic hydroxyl groups is 1. The van der Waals surface area contributed by atoms with Crippen molar-refractivity contribution in [1.29, 1.82) is 0 Å². The summed E-state index contributed by atoms with van der Waals surface area (Å²) in [5.41, 5.74) is 1.14. The summed E-state index contributed by atoms with van der Waals surface area (Å²) >= 11 is 0. The molecule has 0 amide bonds. The van der Waals surface area contributed by atoms with E-state index in [-0.39, 0.29) is 23.5 Å². The van der Waals surface area contributed by atoms with Crippen LogP contribution < -0.4 is 0 Å². The number of phenolic OH excluding ortho intramolecular Hbond substituents is 1. The molecule has 0 bridgehead atoms. The van der Waals surface area contributed by atoms with Crippen LogP contribution in [0.5, 0.6) is 5.75 Å². The highest BCUT2D eigenvalue weighted by atomic mass is 16.3. The Balaban J connectivity index is 1.42. The van der Waals surface area contributed by atoms with Crippen LogP contribution in [0.1, 0.15) is 29.3 Å². The van der Waals surface area contributed by atoms with Gasteiger partial charge in [0.15, 0.2) is 5.78 Å². The van der Waals surface area contributed by atoms with Gasteiger partial charge in [0, 0.05) is 31.0 Å². The predicted molar refractivity (Wildman–Crippen MR) is 100 cm³/mol. The van der Waals surface area contributed by atoms with Crippen molar-refractivity contribution < 1.29 is 15.0 Å². The lowest BCUT2D eigenvalue weighted by molar-refractivity contribution is -0.116. The minimum atomic E-state index is -0.651. The minimum absolute atomic E-state index is 0.0675. The van der Waals surface area contributed by atoms with Crippen LogP contribution >= 0.6 is 0 Å². The van der Waals surface area contributed by atoms with Crippen molar-refractivity contribution in [3.63, 3.8) is 0 Å². The molecule has 1 saturated carbocycles. The number of hydrogen-bond acceptors (Lipinski definition) is 4. The molecule has 2 aliphatic rings. The van der Waals surface area contributed by atoms with Gasteiger partial charge in [0.2, 0.25) is 0 Å². The first kappa shape index (κ1) is 17.3. The van der Waals surface area contributed by atoms with E-state index < -0.39 is 5.60 Å². The largest absolute Gasteiger partial charge is 0.508 e. The maximum absolute atomic E-state index is 12.7. The van der Waals surface area contributed by atoms with Crippen LogP contribution in [0.3, 0.4) is 0 Å². The summed E-state index contributed by atoms with van der Waals surface area (Å²) in [5.74, 6) is 0.939. The number of nitrogens with zero attached hydrogens (tertiary/aromatic N) is 1. The third-order valence-corrected chi connectivity index (χ3v) is 6.21. The second-order valence-electron chi connectivity index (χ2n) is 7.88. The number of Topliss-reactive ketones (excluding diaryl/α,β-unsaturated/α-hetero) is 1. The van der Waals surface area contributed by atoms with Gasteiger partial charge in [-0.05, 0) is 49.1 Å². The van der Waals surface area contributed by atoms with Gasteiger partial charge in [-0.1, -0.05) is 30.3 Å². The van der Waals surface area contributed by atoms with Crippen LogP contribution in [-0.4, -0.2) is 45.6 Å². The standard InChI is InChI=1S/C22H25NO3/c1-15(21(25)17-7-9-19(24)10-8-17)23-13-18-12-22(26,20(18)14-23)11-16-5-3-2-4-6-16/h2-10,15,18,20,24,26H,11-14H2,1H3/t15?,18-,20+,22-/m1/s1. The number of aliphatic hydroxyl groups is 1. The maximum Gasteiger partial charge on any atom is 0.179 e. The van der Waals surface area contributed by atoms with E-state index in [4.69, 9.17) is 0 Å². The molecule has 136 valence electrons. The fraction of sp³-hybridized carbons (Fsp3) is 0.409. The minimum Gasteiger partial charge on any atom is -0.508 e. The summed E-state index contributed by atoms with van der Waals surface area (Å²) in [5, 5.41) is 20.5. The molecule has 4 nitrogen and oxygen atoms in total. The smallest absolute Gasteiger partial charge is 0.179 e. The van der Waals surface area contributed by atoms with Crippen molar-refractivity contribution in [1.82, 2.24) is 4.90 Å². The molecule has 2 fully saturated rings. The SMILES string of the molecule is CC(C(=O)c1ccc(O)cc1)N1C[C@H]2C[C@](O)(Cc3ccccc3)[C@H]2C1. The normalized spacial score (nSPS) is 29.0. The van der Waals surface area contributed by atoms with Gasteiger partial charge in [0.25, 0.3) is 0 Å². The maximum atomic E-state index is 12.7. The van der Waals surface area contributed by atoms with Crippen molar-refractivity contribution >= 4 is 5.78 Å². The van der Waals surface area contributed by atoms with E-state index in [1.165, 1.54) is 5.56 Å². The zero-order chi connectivity index (χ0) is 18.3. The summed E-state index contributed by atoms with van der Waals surface area (Å²) in [4.78, 5) is 14.9. The molecule has 2 aromatic rings. The van der Waals surface area contributed by atoms with Crippen molar-refractivity contribution in [3.05, 3.63) is 65.7 Å². The van der Waals surface area contributed by atoms with Crippen LogP contribution in [0.2, 0.25) is 0 Å². The molecule has 4 heteroatoms. The molecule has 0 radical (unpaired) electrons. The Hall–Kier alpha value is -2.17. The summed E-state index contributed by atoms with van der Waals surface area (Å²) in [6.45, 7) is 3.57. The van der Waals surface area contributed by atoms with E-state index >= 15 is 0 Å². The molecule has 2 N–H and O–H groups in total. The molecule has 4 atom stereocenters. The molecule has 1 aliphatic heterocycles. The quantitative estimate of drug-likeness (QED) is 0.813. The van der Waals surface area contributed by atoms with Crippen LogP contribution in [-0.2, 0) is 6.42 Å². The molecule has 4 rings (SSSR count). The Labute approximate surface area is 154 Å². The van der Waals surface area contributed by atoms with Crippen molar-refractivity contribution in [2.75, 3.05) is 13.1 Å². The van der Waals surface area contributed by atoms with Gasteiger partial charge in [0.05, 0.1) is 11.6 Å². The highest BCUT2D eigenvalue weighted by Gasteiger charge is 2.57. The number of benzene rings is 2. The average Bonchev–Trinajstić information content (AvgIpc) is 3.01. The molecular formula is C22H25NO3. The Morgan fingerprint density at radius 3 is 2.54 bits per heavy atom. The predicted octanol–water partition coefficient (Wildman–Crippen LogP) is 2.89. The van der Waals surface area contributed by atoms with Gasteiger partial charge in [-0.3, -0.25) is 9.69 Å². The van der Waals surface area contributed by atoms with E-state index in [1.54, 1.807) is 24.3 Å². The van der Waals surface area contributed by atoms with Gasteiger partial charge in [-0.2, -0.15) is 0 Å². The van der Waals surface area contributed by atoms with E-state index in [0.717, 1.165) is 19.5 Å². The molecular weight excluding hydrogens is 326 g/mol. The number of likely N-dealkylation sites (tertiary alicyclic amines) is 1. The first-order chi connectivity index (χ1) is 12.5. The number of hydrogen-bond donors (Lipinski definition) is 2. The molecule has 1 unspecified atom stereocenters. The molecule has 0 aromatic heterocycles. The Bertz CT molecular complexity index is 789. The molecule has 1 heterocycles. The number of fused-ring (bicyclic) bond motifs is 1. The van der Waals surface area contributed by atoms with Gasteiger partial charge in [-0.25, -0.2) is 0 Å². The van der Waals surface area contributed by atoms with E-state index in [9.17, 15) is 15.0 Å². The van der Waals surface area contributed by atoms with Gasteiger partial charge in [0.1, 0.15) is 5.75 Å². The number of carbonyl (C=O) groups excluding carboxylic acids is 1.